The van der Waals surface area contributed by atoms with E-state index >= 15 is 0 Å². The largest absolute Gasteiger partial charge is 0.324 e. The van der Waals surface area contributed by atoms with Crippen molar-refractivity contribution in [3.63, 3.8) is 0 Å². The molecule has 0 radical (unpaired) electrons. The molecule has 3 nitrogen and oxygen atoms in total. The maximum Gasteiger partial charge on any atom is 0.246 e. The summed E-state index contributed by atoms with van der Waals surface area (Å²) in [5.41, 5.74) is 3.39. The molecule has 1 aliphatic carbocycles. The fourth-order valence-electron chi connectivity index (χ4n) is 2.51. The van der Waals surface area contributed by atoms with Gasteiger partial charge in [0, 0.05) is 17.3 Å². The van der Waals surface area contributed by atoms with Crippen molar-refractivity contribution >= 4 is 11.6 Å². The molecule has 0 spiro atoms. The smallest absolute Gasteiger partial charge is 0.246 e. The van der Waals surface area contributed by atoms with Crippen molar-refractivity contribution in [1.82, 2.24) is 5.32 Å². The molecule has 2 N–H and O–H groups in total. The molecule has 90 valence electrons. The predicted molar refractivity (Wildman–Crippen MR) is 68.0 cm³/mol. The molecule has 1 aromatic rings. The summed E-state index contributed by atoms with van der Waals surface area (Å²) >= 11 is 0. The molecule has 1 fully saturated rings. The average Bonchev–Trinajstić information content (AvgIpc) is 2.58. The van der Waals surface area contributed by atoms with Crippen LogP contribution in [-0.2, 0) is 11.2 Å². The molecule has 17 heavy (non-hydrogen) atoms. The molecule has 0 bridgehead atoms. The molecule has 1 amide bonds. The van der Waals surface area contributed by atoms with Gasteiger partial charge in [0.05, 0.1) is 0 Å². The Morgan fingerprint density at radius 1 is 1.41 bits per heavy atom. The normalized spacial score (nSPS) is 23.1. The number of hydrogen-bond acceptors (Lipinski definition) is 2. The standard InChI is InChI=1S/C14H18N2O/c1-2-9-6-7-12-11(8-9)13(14(17)16-12)15-10-4-3-5-10/h6-8,10,13,15H,2-5H2,1H3,(H,16,17). The first-order valence-corrected chi connectivity index (χ1v) is 6.47. The maximum absolute atomic E-state index is 11.9. The number of carbonyl (C=O) groups excluding carboxylic acids is 1. The van der Waals surface area contributed by atoms with Gasteiger partial charge in [0.2, 0.25) is 5.91 Å². The average molecular weight is 230 g/mol. The molecule has 1 heterocycles. The molecule has 1 aromatic carbocycles. The Kier molecular flexibility index (Phi) is 2.63. The number of rotatable bonds is 3. The summed E-state index contributed by atoms with van der Waals surface area (Å²) in [6.07, 6.45) is 4.70. The van der Waals surface area contributed by atoms with Crippen LogP contribution in [0.25, 0.3) is 0 Å². The molecule has 1 aliphatic heterocycles. The Bertz CT molecular complexity index is 452. The van der Waals surface area contributed by atoms with Gasteiger partial charge in [-0.25, -0.2) is 0 Å². The van der Waals surface area contributed by atoms with Gasteiger partial charge in [-0.15, -0.1) is 0 Å². The van der Waals surface area contributed by atoms with E-state index in [9.17, 15) is 4.79 Å². The topological polar surface area (TPSA) is 41.1 Å². The molecule has 2 aliphatic rings. The highest BCUT2D eigenvalue weighted by atomic mass is 16.2. The molecule has 1 atom stereocenters. The van der Waals surface area contributed by atoms with Crippen LogP contribution >= 0.6 is 0 Å². The van der Waals surface area contributed by atoms with E-state index in [0.717, 1.165) is 17.7 Å². The molecule has 3 heteroatoms. The third-order valence-corrected chi connectivity index (χ3v) is 3.86. The van der Waals surface area contributed by atoms with Gasteiger partial charge in [-0.3, -0.25) is 10.1 Å². The highest BCUT2D eigenvalue weighted by Gasteiger charge is 2.33. The minimum Gasteiger partial charge on any atom is -0.324 e. The van der Waals surface area contributed by atoms with Gasteiger partial charge in [0.1, 0.15) is 6.04 Å². The van der Waals surface area contributed by atoms with Gasteiger partial charge in [-0.1, -0.05) is 25.5 Å². The number of fused-ring (bicyclic) bond motifs is 1. The van der Waals surface area contributed by atoms with E-state index in [4.69, 9.17) is 0 Å². The number of nitrogens with one attached hydrogen (secondary N) is 2. The highest BCUT2D eigenvalue weighted by Crippen LogP contribution is 2.33. The van der Waals surface area contributed by atoms with Crippen molar-refractivity contribution in [3.05, 3.63) is 29.3 Å². The molecule has 0 saturated heterocycles. The third kappa shape index (κ3) is 1.84. The second-order valence-electron chi connectivity index (χ2n) is 4.99. The van der Waals surface area contributed by atoms with Gasteiger partial charge in [-0.05, 0) is 30.9 Å². The van der Waals surface area contributed by atoms with E-state index in [1.165, 1.54) is 24.8 Å². The fourth-order valence-corrected chi connectivity index (χ4v) is 2.51. The minimum absolute atomic E-state index is 0.0974. The lowest BCUT2D eigenvalue weighted by molar-refractivity contribution is -0.118. The predicted octanol–water partition coefficient (Wildman–Crippen LogP) is 2.38. The van der Waals surface area contributed by atoms with Crippen LogP contribution in [0.4, 0.5) is 5.69 Å². The number of carbonyl (C=O) groups is 1. The second kappa shape index (κ2) is 4.15. The summed E-state index contributed by atoms with van der Waals surface area (Å²) in [7, 11) is 0. The Morgan fingerprint density at radius 3 is 2.88 bits per heavy atom. The van der Waals surface area contributed by atoms with Crippen molar-refractivity contribution < 1.29 is 4.79 Å². The van der Waals surface area contributed by atoms with Crippen LogP contribution in [0.3, 0.4) is 0 Å². The molecule has 1 unspecified atom stereocenters. The van der Waals surface area contributed by atoms with Crippen LogP contribution in [0, 0.1) is 0 Å². The number of hydrogen-bond donors (Lipinski definition) is 2. The van der Waals surface area contributed by atoms with Gasteiger partial charge < -0.3 is 5.32 Å². The second-order valence-corrected chi connectivity index (χ2v) is 4.99. The monoisotopic (exact) mass is 230 g/mol. The van der Waals surface area contributed by atoms with Gasteiger partial charge in [0.25, 0.3) is 0 Å². The summed E-state index contributed by atoms with van der Waals surface area (Å²) < 4.78 is 0. The van der Waals surface area contributed by atoms with Crippen molar-refractivity contribution in [1.29, 1.82) is 0 Å². The van der Waals surface area contributed by atoms with Crippen molar-refractivity contribution in [3.8, 4) is 0 Å². The van der Waals surface area contributed by atoms with E-state index in [-0.39, 0.29) is 11.9 Å². The lowest BCUT2D eigenvalue weighted by Gasteiger charge is -2.29. The van der Waals surface area contributed by atoms with Crippen molar-refractivity contribution in [2.24, 2.45) is 0 Å². The maximum atomic E-state index is 11.9. The summed E-state index contributed by atoms with van der Waals surface area (Å²) in [6.45, 7) is 2.14. The van der Waals surface area contributed by atoms with Crippen LogP contribution in [0.15, 0.2) is 18.2 Å². The van der Waals surface area contributed by atoms with Crippen LogP contribution in [0.2, 0.25) is 0 Å². The van der Waals surface area contributed by atoms with Crippen LogP contribution in [0.5, 0.6) is 0 Å². The first-order valence-electron chi connectivity index (χ1n) is 6.47. The SMILES string of the molecule is CCc1ccc2c(c1)C(NC1CCC1)C(=O)N2. The lowest BCUT2D eigenvalue weighted by Crippen LogP contribution is -2.40. The first kappa shape index (κ1) is 10.8. The Balaban J connectivity index is 1.87. The molecule has 0 aromatic heterocycles. The van der Waals surface area contributed by atoms with Gasteiger partial charge in [-0.2, -0.15) is 0 Å². The van der Waals surface area contributed by atoms with Crippen LogP contribution in [-0.4, -0.2) is 11.9 Å². The Labute approximate surface area is 102 Å². The van der Waals surface area contributed by atoms with Gasteiger partial charge >= 0.3 is 0 Å². The summed E-state index contributed by atoms with van der Waals surface area (Å²) in [5.74, 6) is 0.0974. The number of anilines is 1. The summed E-state index contributed by atoms with van der Waals surface area (Å²) in [5, 5.41) is 6.41. The number of amides is 1. The Morgan fingerprint density at radius 2 is 2.24 bits per heavy atom. The zero-order valence-electron chi connectivity index (χ0n) is 10.1. The van der Waals surface area contributed by atoms with E-state index < -0.39 is 0 Å². The van der Waals surface area contributed by atoms with Crippen LogP contribution < -0.4 is 10.6 Å². The number of benzene rings is 1. The molecule has 1 saturated carbocycles. The first-order chi connectivity index (χ1) is 8.28. The van der Waals surface area contributed by atoms with Crippen molar-refractivity contribution in [2.45, 2.75) is 44.7 Å². The summed E-state index contributed by atoms with van der Waals surface area (Å²) in [6, 6.07) is 6.66. The van der Waals surface area contributed by atoms with E-state index in [1.54, 1.807) is 0 Å². The zero-order valence-corrected chi connectivity index (χ0v) is 10.1. The van der Waals surface area contributed by atoms with E-state index in [1.807, 2.05) is 6.07 Å². The quantitative estimate of drug-likeness (QED) is 0.837. The number of aryl methyl sites for hydroxylation is 1. The van der Waals surface area contributed by atoms with Crippen molar-refractivity contribution in [2.75, 3.05) is 5.32 Å². The van der Waals surface area contributed by atoms with E-state index in [0.29, 0.717) is 6.04 Å². The highest BCUT2D eigenvalue weighted by molar-refractivity contribution is 6.02. The molecular weight excluding hydrogens is 212 g/mol. The molecule has 3 rings (SSSR count). The van der Waals surface area contributed by atoms with E-state index in [2.05, 4.69) is 29.7 Å². The Hall–Kier alpha value is -1.35. The molecular formula is C14H18N2O. The minimum atomic E-state index is -0.137. The zero-order chi connectivity index (χ0) is 11.8. The van der Waals surface area contributed by atoms with Gasteiger partial charge in [0.15, 0.2) is 0 Å². The third-order valence-electron chi connectivity index (χ3n) is 3.86. The fraction of sp³-hybridized carbons (Fsp3) is 0.500. The lowest BCUT2D eigenvalue weighted by atomic mass is 9.91. The van der Waals surface area contributed by atoms with Crippen LogP contribution in [0.1, 0.15) is 43.4 Å². The summed E-state index contributed by atoms with van der Waals surface area (Å²) in [4.78, 5) is 11.9.